The van der Waals surface area contributed by atoms with E-state index in [1.807, 2.05) is 36.0 Å². The van der Waals surface area contributed by atoms with Gasteiger partial charge >= 0.3 is 0 Å². The van der Waals surface area contributed by atoms with Gasteiger partial charge in [0.05, 0.1) is 5.52 Å². The third kappa shape index (κ3) is 2.50. The molecule has 7 nitrogen and oxygen atoms in total. The van der Waals surface area contributed by atoms with Crippen molar-refractivity contribution in [3.63, 3.8) is 0 Å². The molecule has 3 fully saturated rings. The number of carbonyl (C=O) groups excluding carboxylic acids is 1. The molecule has 0 radical (unpaired) electrons. The van der Waals surface area contributed by atoms with Crippen LogP contribution in [0.3, 0.4) is 0 Å². The third-order valence-electron chi connectivity index (χ3n) is 5.83. The smallest absolute Gasteiger partial charge is 0.272 e. The molecule has 0 saturated carbocycles. The number of aromatic amines is 1. The topological polar surface area (TPSA) is 78.8 Å². The summed E-state index contributed by atoms with van der Waals surface area (Å²) in [5, 5.41) is 11.4. The Hall–Kier alpha value is -2.67. The number of fused-ring (bicyclic) bond motifs is 4. The van der Waals surface area contributed by atoms with Crippen LogP contribution in [0.15, 0.2) is 30.6 Å². The molecular formula is C19H22N6O. The minimum absolute atomic E-state index is 0.0836. The number of aryl methyl sites for hydroxylation is 1. The second-order valence-electron chi connectivity index (χ2n) is 7.41. The normalized spacial score (nSPS) is 24.9. The first-order chi connectivity index (χ1) is 12.7. The van der Waals surface area contributed by atoms with Gasteiger partial charge in [0.1, 0.15) is 5.82 Å². The summed E-state index contributed by atoms with van der Waals surface area (Å²) < 4.78 is 1.97. The maximum Gasteiger partial charge on any atom is 0.272 e. The number of benzene rings is 1. The molecule has 5 heterocycles. The van der Waals surface area contributed by atoms with Crippen LogP contribution < -0.4 is 5.32 Å². The number of nitrogens with zero attached hydrogens (tertiary/aromatic N) is 4. The van der Waals surface area contributed by atoms with E-state index in [0.717, 1.165) is 28.8 Å². The van der Waals surface area contributed by atoms with Gasteiger partial charge < -0.3 is 14.8 Å². The van der Waals surface area contributed by atoms with E-state index >= 15 is 0 Å². The highest BCUT2D eigenvalue weighted by atomic mass is 16.2. The molecular weight excluding hydrogens is 328 g/mol. The van der Waals surface area contributed by atoms with Crippen LogP contribution in [0.4, 0.5) is 0 Å². The van der Waals surface area contributed by atoms with E-state index in [1.165, 1.54) is 25.9 Å². The molecule has 2 bridgehead atoms. The summed E-state index contributed by atoms with van der Waals surface area (Å²) in [7, 11) is 1.96. The first kappa shape index (κ1) is 15.6. The molecule has 1 unspecified atom stereocenters. The lowest BCUT2D eigenvalue weighted by Crippen LogP contribution is -2.57. The first-order valence-corrected chi connectivity index (χ1v) is 9.18. The van der Waals surface area contributed by atoms with Crippen molar-refractivity contribution in [2.45, 2.75) is 18.9 Å². The zero-order valence-electron chi connectivity index (χ0n) is 14.8. The van der Waals surface area contributed by atoms with E-state index in [4.69, 9.17) is 0 Å². The number of imidazole rings is 1. The van der Waals surface area contributed by atoms with Crippen LogP contribution in [0.2, 0.25) is 0 Å². The molecule has 26 heavy (non-hydrogen) atoms. The van der Waals surface area contributed by atoms with E-state index in [-0.39, 0.29) is 11.9 Å². The van der Waals surface area contributed by atoms with Gasteiger partial charge in [-0.25, -0.2) is 4.98 Å². The Morgan fingerprint density at radius 2 is 2.15 bits per heavy atom. The minimum Gasteiger partial charge on any atom is -0.346 e. The lowest BCUT2D eigenvalue weighted by atomic mass is 9.84. The number of hydrogen-bond acceptors (Lipinski definition) is 4. The van der Waals surface area contributed by atoms with Crippen LogP contribution >= 0.6 is 0 Å². The quantitative estimate of drug-likeness (QED) is 0.755. The summed E-state index contributed by atoms with van der Waals surface area (Å²) in [6.07, 6.45) is 6.05. The summed E-state index contributed by atoms with van der Waals surface area (Å²) >= 11 is 0. The molecule has 7 heteroatoms. The lowest BCUT2D eigenvalue weighted by Gasteiger charge is -2.44. The van der Waals surface area contributed by atoms with E-state index in [0.29, 0.717) is 11.6 Å². The standard InChI is InChI=1S/C19H22N6O/c1-24-9-6-20-18(24)13-2-3-14-15(10-13)22-23-17(14)19(26)21-16-11-25-7-4-12(16)5-8-25/h2-3,6,9-10,12,16H,4-5,7-8,11H2,1H3,(H,21,26)(H,22,23). The maximum atomic E-state index is 12.8. The fraction of sp³-hybridized carbons (Fsp3) is 0.421. The maximum absolute atomic E-state index is 12.8. The van der Waals surface area contributed by atoms with Crippen LogP contribution in [0.1, 0.15) is 23.3 Å². The molecule has 3 aliphatic heterocycles. The monoisotopic (exact) mass is 350 g/mol. The Kier molecular flexibility index (Phi) is 3.56. The fourth-order valence-electron chi connectivity index (χ4n) is 4.34. The van der Waals surface area contributed by atoms with E-state index in [9.17, 15) is 4.79 Å². The summed E-state index contributed by atoms with van der Waals surface area (Å²) in [6.45, 7) is 3.29. The van der Waals surface area contributed by atoms with E-state index < -0.39 is 0 Å². The number of nitrogens with one attached hydrogen (secondary N) is 2. The number of carbonyl (C=O) groups is 1. The number of H-pyrrole nitrogens is 1. The molecule has 0 spiro atoms. The lowest BCUT2D eigenvalue weighted by molar-refractivity contribution is 0.0618. The largest absolute Gasteiger partial charge is 0.346 e. The Morgan fingerprint density at radius 3 is 2.85 bits per heavy atom. The average Bonchev–Trinajstić information content (AvgIpc) is 3.28. The molecule has 2 aromatic heterocycles. The van der Waals surface area contributed by atoms with Gasteiger partial charge in [-0.1, -0.05) is 6.07 Å². The summed E-state index contributed by atoms with van der Waals surface area (Å²) in [5.74, 6) is 1.41. The Morgan fingerprint density at radius 1 is 1.31 bits per heavy atom. The van der Waals surface area contributed by atoms with Crippen molar-refractivity contribution in [1.82, 2.24) is 30.0 Å². The summed E-state index contributed by atoms with van der Waals surface area (Å²) in [4.78, 5) is 19.6. The summed E-state index contributed by atoms with van der Waals surface area (Å²) in [5.41, 5.74) is 2.32. The van der Waals surface area contributed by atoms with Gasteiger partial charge in [0.2, 0.25) is 0 Å². The molecule has 0 aliphatic carbocycles. The second-order valence-corrected chi connectivity index (χ2v) is 7.41. The van der Waals surface area contributed by atoms with Crippen LogP contribution in [-0.2, 0) is 7.05 Å². The molecule has 3 saturated heterocycles. The van der Waals surface area contributed by atoms with Gasteiger partial charge in [-0.3, -0.25) is 9.89 Å². The van der Waals surface area contributed by atoms with Crippen molar-refractivity contribution in [3.05, 3.63) is 36.3 Å². The van der Waals surface area contributed by atoms with Crippen molar-refractivity contribution in [2.24, 2.45) is 13.0 Å². The predicted octanol–water partition coefficient (Wildman–Crippen LogP) is 1.79. The van der Waals surface area contributed by atoms with Gasteiger partial charge in [0, 0.05) is 43.0 Å². The molecule has 1 aromatic carbocycles. The van der Waals surface area contributed by atoms with Gasteiger partial charge in [0.15, 0.2) is 5.69 Å². The van der Waals surface area contributed by atoms with Gasteiger partial charge in [-0.2, -0.15) is 5.10 Å². The van der Waals surface area contributed by atoms with Crippen molar-refractivity contribution < 1.29 is 4.79 Å². The van der Waals surface area contributed by atoms with Crippen LogP contribution in [0, 0.1) is 5.92 Å². The minimum atomic E-state index is -0.0836. The predicted molar refractivity (Wildman–Crippen MR) is 98.7 cm³/mol. The third-order valence-corrected chi connectivity index (χ3v) is 5.83. The second kappa shape index (κ2) is 5.95. The van der Waals surface area contributed by atoms with E-state index in [2.05, 4.69) is 25.4 Å². The van der Waals surface area contributed by atoms with Crippen LogP contribution in [-0.4, -0.2) is 56.2 Å². The zero-order chi connectivity index (χ0) is 17.7. The van der Waals surface area contributed by atoms with Crippen molar-refractivity contribution in [2.75, 3.05) is 19.6 Å². The molecule has 2 N–H and O–H groups in total. The van der Waals surface area contributed by atoms with Crippen molar-refractivity contribution >= 4 is 16.8 Å². The first-order valence-electron chi connectivity index (χ1n) is 9.18. The molecule has 134 valence electrons. The molecule has 1 atom stereocenters. The molecule has 1 amide bonds. The summed E-state index contributed by atoms with van der Waals surface area (Å²) in [6, 6.07) is 6.18. The van der Waals surface area contributed by atoms with Gasteiger partial charge in [-0.05, 0) is 44.0 Å². The number of rotatable bonds is 3. The zero-order valence-corrected chi connectivity index (χ0v) is 14.8. The Balaban J connectivity index is 1.41. The highest BCUT2D eigenvalue weighted by Crippen LogP contribution is 2.28. The number of amides is 1. The molecule has 6 rings (SSSR count). The van der Waals surface area contributed by atoms with Crippen LogP contribution in [0.25, 0.3) is 22.3 Å². The fourth-order valence-corrected chi connectivity index (χ4v) is 4.34. The number of hydrogen-bond donors (Lipinski definition) is 2. The number of aromatic nitrogens is 4. The molecule has 3 aromatic rings. The number of piperidine rings is 3. The SMILES string of the molecule is Cn1ccnc1-c1ccc2c(C(=O)NC3CN4CCC3CC4)n[nH]c2c1. The Bertz CT molecular complexity index is 965. The Labute approximate surface area is 151 Å². The van der Waals surface area contributed by atoms with Crippen molar-refractivity contribution in [3.8, 4) is 11.4 Å². The molecule has 3 aliphatic rings. The highest BCUT2D eigenvalue weighted by Gasteiger charge is 2.35. The highest BCUT2D eigenvalue weighted by molar-refractivity contribution is 6.05. The van der Waals surface area contributed by atoms with Gasteiger partial charge in [0.25, 0.3) is 5.91 Å². The van der Waals surface area contributed by atoms with E-state index in [1.54, 1.807) is 6.20 Å². The van der Waals surface area contributed by atoms with Crippen molar-refractivity contribution in [1.29, 1.82) is 0 Å². The average molecular weight is 350 g/mol. The van der Waals surface area contributed by atoms with Gasteiger partial charge in [-0.15, -0.1) is 0 Å². The van der Waals surface area contributed by atoms with Crippen LogP contribution in [0.5, 0.6) is 0 Å².